The minimum absolute atomic E-state index is 1.26. The van der Waals surface area contributed by atoms with Crippen molar-refractivity contribution in [3.8, 4) is 22.3 Å². The van der Waals surface area contributed by atoms with E-state index in [0.29, 0.717) is 0 Å². The highest BCUT2D eigenvalue weighted by Crippen LogP contribution is 2.48. The molecule has 0 fully saturated rings. The molecule has 222 valence electrons. The molecule has 48 heavy (non-hydrogen) atoms. The van der Waals surface area contributed by atoms with E-state index < -0.39 is 0 Å². The molecule has 2 heteroatoms. The fourth-order valence-electron chi connectivity index (χ4n) is 8.07. The second-order valence-corrected chi connectivity index (χ2v) is 14.9. The summed E-state index contributed by atoms with van der Waals surface area (Å²) in [5.41, 5.74) is 5.13. The Morgan fingerprint density at radius 2 is 0.812 bits per heavy atom. The molecule has 0 unspecified atom stereocenters. The van der Waals surface area contributed by atoms with Gasteiger partial charge in [0, 0.05) is 40.3 Å². The lowest BCUT2D eigenvalue weighted by molar-refractivity contribution is 1.69. The predicted octanol–water partition coefficient (Wildman–Crippen LogP) is 14.4. The molecule has 0 nitrogen and oxygen atoms in total. The van der Waals surface area contributed by atoms with E-state index in [1.807, 2.05) is 22.7 Å². The topological polar surface area (TPSA) is 0 Å². The van der Waals surface area contributed by atoms with Gasteiger partial charge in [0.1, 0.15) is 0 Å². The Bertz CT molecular complexity index is 3060. The molecule has 0 bridgehead atoms. The van der Waals surface area contributed by atoms with E-state index in [1.54, 1.807) is 0 Å². The van der Waals surface area contributed by atoms with Crippen LogP contribution in [0.3, 0.4) is 0 Å². The zero-order valence-electron chi connectivity index (χ0n) is 25.8. The molecular weight excluding hydrogens is 617 g/mol. The van der Waals surface area contributed by atoms with E-state index >= 15 is 0 Å². The van der Waals surface area contributed by atoms with E-state index in [1.165, 1.54) is 106 Å². The highest BCUT2D eigenvalue weighted by atomic mass is 32.1. The van der Waals surface area contributed by atoms with Crippen molar-refractivity contribution in [2.24, 2.45) is 0 Å². The van der Waals surface area contributed by atoms with Crippen molar-refractivity contribution < 1.29 is 0 Å². The summed E-state index contributed by atoms with van der Waals surface area (Å²) in [7, 11) is 0. The molecule has 0 amide bonds. The third-order valence-corrected chi connectivity index (χ3v) is 12.6. The van der Waals surface area contributed by atoms with Crippen LogP contribution in [0.25, 0.3) is 106 Å². The smallest absolute Gasteiger partial charge is 0.0448 e. The van der Waals surface area contributed by atoms with Crippen LogP contribution in [0.15, 0.2) is 158 Å². The van der Waals surface area contributed by atoms with Crippen molar-refractivity contribution in [1.82, 2.24) is 0 Å². The maximum absolute atomic E-state index is 2.45. The Labute approximate surface area is 284 Å². The molecule has 0 aliphatic rings. The maximum atomic E-state index is 2.45. The van der Waals surface area contributed by atoms with Gasteiger partial charge >= 0.3 is 0 Å². The van der Waals surface area contributed by atoms with Crippen molar-refractivity contribution in [2.75, 3.05) is 0 Å². The minimum atomic E-state index is 1.26. The Balaban J connectivity index is 1.19. The number of hydrogen-bond acceptors (Lipinski definition) is 2. The lowest BCUT2D eigenvalue weighted by atomic mass is 9.85. The van der Waals surface area contributed by atoms with Gasteiger partial charge in [0.05, 0.1) is 0 Å². The lowest BCUT2D eigenvalue weighted by Gasteiger charge is -2.18. The summed E-state index contributed by atoms with van der Waals surface area (Å²) < 4.78 is 5.48. The monoisotopic (exact) mass is 642 g/mol. The standard InChI is InChI=1S/C46H26S2/c1-2-11-29-25-30(18-17-27(29)9-1)42-33-13-5-7-15-35(33)43(36-16-8-6-14-34(36)42)31-20-23-40-39(26-31)37-22-24-41-44(46(37)47-40)38-21-19-28-10-3-4-12-32(28)45(38)48-41/h1-26H. The van der Waals surface area contributed by atoms with Gasteiger partial charge < -0.3 is 0 Å². The third-order valence-electron chi connectivity index (χ3n) is 10.2. The molecule has 0 saturated heterocycles. The minimum Gasteiger partial charge on any atom is -0.134 e. The fourth-order valence-corrected chi connectivity index (χ4v) is 10.6. The first-order chi connectivity index (χ1) is 23.8. The number of hydrogen-bond donors (Lipinski definition) is 0. The predicted molar refractivity (Wildman–Crippen MR) is 213 cm³/mol. The number of fused-ring (bicyclic) bond motifs is 12. The van der Waals surface area contributed by atoms with Crippen LogP contribution in [0.4, 0.5) is 0 Å². The van der Waals surface area contributed by atoms with Gasteiger partial charge in [0.15, 0.2) is 0 Å². The molecular formula is C46H26S2. The molecule has 0 N–H and O–H groups in total. The molecule has 2 aromatic heterocycles. The van der Waals surface area contributed by atoms with Crippen LogP contribution in [0, 0.1) is 0 Å². The van der Waals surface area contributed by atoms with E-state index in [-0.39, 0.29) is 0 Å². The zero-order valence-corrected chi connectivity index (χ0v) is 27.5. The summed E-state index contributed by atoms with van der Waals surface area (Å²) in [6, 6.07) is 58.7. The van der Waals surface area contributed by atoms with Gasteiger partial charge in [-0.15, -0.1) is 22.7 Å². The summed E-state index contributed by atoms with van der Waals surface area (Å²) in [6.07, 6.45) is 0. The van der Waals surface area contributed by atoms with E-state index in [2.05, 4.69) is 158 Å². The van der Waals surface area contributed by atoms with E-state index in [9.17, 15) is 0 Å². The SMILES string of the molecule is c1ccc2cc(-c3c4ccccc4c(-c4ccc5sc6c(ccc7sc8c9ccccc9ccc8c76)c5c4)c4ccccc34)ccc2c1. The van der Waals surface area contributed by atoms with Crippen molar-refractivity contribution in [3.05, 3.63) is 158 Å². The normalized spacial score (nSPS) is 12.2. The largest absolute Gasteiger partial charge is 0.134 e. The molecule has 0 aliphatic heterocycles. The Morgan fingerprint density at radius 3 is 1.54 bits per heavy atom. The van der Waals surface area contributed by atoms with Crippen LogP contribution >= 0.6 is 22.7 Å². The van der Waals surface area contributed by atoms with Crippen LogP contribution in [-0.2, 0) is 0 Å². The van der Waals surface area contributed by atoms with Gasteiger partial charge in [-0.05, 0) is 89.6 Å². The molecule has 9 aromatic carbocycles. The summed E-state index contributed by atoms with van der Waals surface area (Å²) in [5, 5.41) is 15.8. The summed E-state index contributed by atoms with van der Waals surface area (Å²) in [6.45, 7) is 0. The second kappa shape index (κ2) is 9.98. The molecule has 2 heterocycles. The molecule has 0 saturated carbocycles. The first kappa shape index (κ1) is 26.5. The Hall–Kier alpha value is -5.54. The van der Waals surface area contributed by atoms with Gasteiger partial charge in [-0.1, -0.05) is 133 Å². The average Bonchev–Trinajstić information content (AvgIpc) is 3.72. The number of thiophene rings is 2. The van der Waals surface area contributed by atoms with Crippen LogP contribution in [0.2, 0.25) is 0 Å². The maximum Gasteiger partial charge on any atom is 0.0448 e. The highest BCUT2D eigenvalue weighted by Gasteiger charge is 2.19. The molecule has 0 aliphatic carbocycles. The molecule has 0 spiro atoms. The average molecular weight is 643 g/mol. The number of rotatable bonds is 2. The Kier molecular flexibility index (Phi) is 5.51. The first-order valence-electron chi connectivity index (χ1n) is 16.4. The van der Waals surface area contributed by atoms with Gasteiger partial charge in [-0.25, -0.2) is 0 Å². The summed E-state index contributed by atoms with van der Waals surface area (Å²) >= 11 is 3.86. The third kappa shape index (κ3) is 3.70. The van der Waals surface area contributed by atoms with Gasteiger partial charge in [-0.2, -0.15) is 0 Å². The molecule has 11 aromatic rings. The highest BCUT2D eigenvalue weighted by molar-refractivity contribution is 7.30. The molecule has 0 atom stereocenters. The van der Waals surface area contributed by atoms with Crippen molar-refractivity contribution in [2.45, 2.75) is 0 Å². The molecule has 0 radical (unpaired) electrons. The van der Waals surface area contributed by atoms with Gasteiger partial charge in [0.2, 0.25) is 0 Å². The number of benzene rings is 9. The van der Waals surface area contributed by atoms with Gasteiger partial charge in [0.25, 0.3) is 0 Å². The van der Waals surface area contributed by atoms with E-state index in [4.69, 9.17) is 0 Å². The first-order valence-corrected chi connectivity index (χ1v) is 18.1. The van der Waals surface area contributed by atoms with Crippen molar-refractivity contribution >= 4 is 106 Å². The van der Waals surface area contributed by atoms with Crippen LogP contribution < -0.4 is 0 Å². The second-order valence-electron chi connectivity index (χ2n) is 12.8. The lowest BCUT2D eigenvalue weighted by Crippen LogP contribution is -1.91. The quantitative estimate of drug-likeness (QED) is 0.165. The van der Waals surface area contributed by atoms with Crippen LogP contribution in [-0.4, -0.2) is 0 Å². The fraction of sp³-hybridized carbons (Fsp3) is 0. The van der Waals surface area contributed by atoms with Crippen LogP contribution in [0.5, 0.6) is 0 Å². The summed E-state index contributed by atoms with van der Waals surface area (Å²) in [5.74, 6) is 0. The van der Waals surface area contributed by atoms with Crippen LogP contribution in [0.1, 0.15) is 0 Å². The van der Waals surface area contributed by atoms with Crippen molar-refractivity contribution in [3.63, 3.8) is 0 Å². The Morgan fingerprint density at radius 1 is 0.292 bits per heavy atom. The zero-order chi connectivity index (χ0) is 31.3. The van der Waals surface area contributed by atoms with Crippen molar-refractivity contribution in [1.29, 1.82) is 0 Å². The van der Waals surface area contributed by atoms with Gasteiger partial charge in [-0.3, -0.25) is 0 Å². The molecule has 11 rings (SSSR count). The van der Waals surface area contributed by atoms with E-state index in [0.717, 1.165) is 0 Å². The summed E-state index contributed by atoms with van der Waals surface area (Å²) in [4.78, 5) is 0.